The lowest BCUT2D eigenvalue weighted by atomic mass is 10.1. The van der Waals surface area contributed by atoms with Gasteiger partial charge >= 0.3 is 0 Å². The van der Waals surface area contributed by atoms with Crippen LogP contribution in [0.4, 0.5) is 0 Å². The lowest BCUT2D eigenvalue weighted by Gasteiger charge is -2.07. The van der Waals surface area contributed by atoms with Crippen molar-refractivity contribution < 1.29 is 5.11 Å². The summed E-state index contributed by atoms with van der Waals surface area (Å²) >= 11 is 5.87. The molecule has 0 aliphatic carbocycles. The maximum absolute atomic E-state index is 8.89. The molecule has 1 aromatic carbocycles. The Labute approximate surface area is 110 Å². The van der Waals surface area contributed by atoms with Crippen LogP contribution in [0.25, 0.3) is 11.3 Å². The molecule has 0 amide bonds. The van der Waals surface area contributed by atoms with Crippen LogP contribution in [-0.4, -0.2) is 26.7 Å². The first-order chi connectivity index (χ1) is 8.76. The summed E-state index contributed by atoms with van der Waals surface area (Å²) in [5.74, 6) is 0. The third-order valence-corrected chi connectivity index (χ3v) is 2.90. The zero-order chi connectivity index (χ0) is 13.0. The molecule has 2 rings (SSSR count). The number of hydrogen-bond acceptors (Lipinski definition) is 4. The van der Waals surface area contributed by atoms with Gasteiger partial charge in [-0.15, -0.1) is 5.10 Å². The van der Waals surface area contributed by atoms with Gasteiger partial charge in [0, 0.05) is 30.3 Å². The quantitative estimate of drug-likeness (QED) is 0.859. The molecule has 0 aliphatic rings. The molecule has 6 heteroatoms. The minimum atomic E-state index is 0.123. The summed E-state index contributed by atoms with van der Waals surface area (Å²) < 4.78 is 1.77. The zero-order valence-electron chi connectivity index (χ0n) is 9.88. The van der Waals surface area contributed by atoms with E-state index in [1.165, 1.54) is 0 Å². The second-order valence-electron chi connectivity index (χ2n) is 3.90. The first kappa shape index (κ1) is 13.0. The lowest BCUT2D eigenvalue weighted by Crippen LogP contribution is -2.05. The number of aliphatic hydroxyl groups excluding tert-OH is 1. The topological polar surface area (TPSA) is 77.0 Å². The SMILES string of the molecule is NCc1nnn(CCCO)c1-c1ccc(Cl)cc1. The molecule has 0 aliphatic heterocycles. The van der Waals surface area contributed by atoms with Crippen molar-refractivity contribution in [3.05, 3.63) is 35.0 Å². The van der Waals surface area contributed by atoms with E-state index in [2.05, 4.69) is 10.3 Å². The highest BCUT2D eigenvalue weighted by atomic mass is 35.5. The van der Waals surface area contributed by atoms with E-state index >= 15 is 0 Å². The molecule has 96 valence electrons. The number of nitrogens with zero attached hydrogens (tertiary/aromatic N) is 3. The molecular weight excluding hydrogens is 252 g/mol. The van der Waals surface area contributed by atoms with Gasteiger partial charge in [-0.25, -0.2) is 4.68 Å². The van der Waals surface area contributed by atoms with Gasteiger partial charge in [-0.1, -0.05) is 28.9 Å². The zero-order valence-corrected chi connectivity index (χ0v) is 10.6. The Hall–Kier alpha value is -1.43. The number of aryl methyl sites for hydroxylation is 1. The van der Waals surface area contributed by atoms with Crippen LogP contribution in [0, 0.1) is 0 Å². The molecule has 0 bridgehead atoms. The molecule has 0 unspecified atom stereocenters. The maximum Gasteiger partial charge on any atom is 0.104 e. The third kappa shape index (κ3) is 2.69. The van der Waals surface area contributed by atoms with Crippen molar-refractivity contribution in [3.8, 4) is 11.3 Å². The highest BCUT2D eigenvalue weighted by Gasteiger charge is 2.13. The molecule has 0 spiro atoms. The molecule has 0 fully saturated rings. The molecule has 2 aromatic rings. The van der Waals surface area contributed by atoms with Gasteiger partial charge in [0.2, 0.25) is 0 Å². The van der Waals surface area contributed by atoms with Crippen LogP contribution < -0.4 is 5.73 Å². The third-order valence-electron chi connectivity index (χ3n) is 2.64. The van der Waals surface area contributed by atoms with E-state index in [0.717, 1.165) is 17.0 Å². The summed E-state index contributed by atoms with van der Waals surface area (Å²) in [6, 6.07) is 7.46. The number of aromatic nitrogens is 3. The van der Waals surface area contributed by atoms with Crippen LogP contribution in [0.2, 0.25) is 5.02 Å². The van der Waals surface area contributed by atoms with Gasteiger partial charge in [0.15, 0.2) is 0 Å². The van der Waals surface area contributed by atoms with Crippen LogP contribution in [0.1, 0.15) is 12.1 Å². The smallest absolute Gasteiger partial charge is 0.104 e. The number of benzene rings is 1. The minimum Gasteiger partial charge on any atom is -0.396 e. The van der Waals surface area contributed by atoms with E-state index in [-0.39, 0.29) is 6.61 Å². The summed E-state index contributed by atoms with van der Waals surface area (Å²) in [7, 11) is 0. The Morgan fingerprint density at radius 1 is 1.28 bits per heavy atom. The normalized spacial score (nSPS) is 10.8. The predicted molar refractivity (Wildman–Crippen MR) is 70.1 cm³/mol. The number of halogens is 1. The first-order valence-corrected chi connectivity index (χ1v) is 6.13. The van der Waals surface area contributed by atoms with E-state index in [4.69, 9.17) is 22.4 Å². The number of aliphatic hydroxyl groups is 1. The molecule has 3 N–H and O–H groups in total. The van der Waals surface area contributed by atoms with Crippen LogP contribution in [0.5, 0.6) is 0 Å². The summed E-state index contributed by atoms with van der Waals surface area (Å²) in [5, 5.41) is 17.7. The average molecular weight is 267 g/mol. The monoisotopic (exact) mass is 266 g/mol. The van der Waals surface area contributed by atoms with Crippen LogP contribution in [0.3, 0.4) is 0 Å². The fourth-order valence-electron chi connectivity index (χ4n) is 1.79. The number of hydrogen-bond donors (Lipinski definition) is 2. The molecular formula is C12H15ClN4O. The van der Waals surface area contributed by atoms with Crippen LogP contribution >= 0.6 is 11.6 Å². The molecule has 0 saturated heterocycles. The van der Waals surface area contributed by atoms with E-state index < -0.39 is 0 Å². The number of nitrogens with two attached hydrogens (primary N) is 1. The standard InChI is InChI=1S/C12H15ClN4O/c13-10-4-2-9(3-5-10)12-11(8-14)15-16-17(12)6-1-7-18/h2-5,18H,1,6-8,14H2. The van der Waals surface area contributed by atoms with Gasteiger partial charge in [0.05, 0.1) is 5.69 Å². The highest BCUT2D eigenvalue weighted by Crippen LogP contribution is 2.24. The van der Waals surface area contributed by atoms with Crippen molar-refractivity contribution in [2.45, 2.75) is 19.5 Å². The van der Waals surface area contributed by atoms with Gasteiger partial charge in [0.1, 0.15) is 5.69 Å². The summed E-state index contributed by atoms with van der Waals surface area (Å²) in [6.45, 7) is 1.07. The second kappa shape index (κ2) is 5.95. The van der Waals surface area contributed by atoms with Crippen molar-refractivity contribution in [1.82, 2.24) is 15.0 Å². The minimum absolute atomic E-state index is 0.123. The largest absolute Gasteiger partial charge is 0.396 e. The molecule has 1 heterocycles. The second-order valence-corrected chi connectivity index (χ2v) is 4.33. The molecule has 0 radical (unpaired) electrons. The van der Waals surface area contributed by atoms with Gasteiger partial charge < -0.3 is 10.8 Å². The first-order valence-electron chi connectivity index (χ1n) is 5.75. The van der Waals surface area contributed by atoms with Gasteiger partial charge in [-0.2, -0.15) is 0 Å². The Balaban J connectivity index is 2.39. The van der Waals surface area contributed by atoms with E-state index in [9.17, 15) is 0 Å². The Morgan fingerprint density at radius 3 is 2.61 bits per heavy atom. The van der Waals surface area contributed by atoms with Crippen LogP contribution in [-0.2, 0) is 13.1 Å². The van der Waals surface area contributed by atoms with Gasteiger partial charge in [-0.3, -0.25) is 0 Å². The average Bonchev–Trinajstić information content (AvgIpc) is 2.80. The Kier molecular flexibility index (Phi) is 4.30. The highest BCUT2D eigenvalue weighted by molar-refractivity contribution is 6.30. The summed E-state index contributed by atoms with van der Waals surface area (Å²) in [5.41, 5.74) is 8.28. The van der Waals surface area contributed by atoms with Gasteiger partial charge in [-0.05, 0) is 18.6 Å². The molecule has 5 nitrogen and oxygen atoms in total. The summed E-state index contributed by atoms with van der Waals surface area (Å²) in [6.07, 6.45) is 0.633. The van der Waals surface area contributed by atoms with E-state index in [0.29, 0.717) is 24.5 Å². The van der Waals surface area contributed by atoms with Crippen LogP contribution in [0.15, 0.2) is 24.3 Å². The fraction of sp³-hybridized carbons (Fsp3) is 0.333. The summed E-state index contributed by atoms with van der Waals surface area (Å²) in [4.78, 5) is 0. The fourth-order valence-corrected chi connectivity index (χ4v) is 1.91. The Morgan fingerprint density at radius 2 is 2.00 bits per heavy atom. The van der Waals surface area contributed by atoms with Crippen molar-refractivity contribution in [3.63, 3.8) is 0 Å². The predicted octanol–water partition coefficient (Wildman–Crippen LogP) is 1.44. The molecule has 1 aromatic heterocycles. The molecule has 0 atom stereocenters. The maximum atomic E-state index is 8.89. The van der Waals surface area contributed by atoms with Crippen molar-refractivity contribution >= 4 is 11.6 Å². The molecule has 0 saturated carbocycles. The van der Waals surface area contributed by atoms with E-state index in [1.807, 2.05) is 24.3 Å². The van der Waals surface area contributed by atoms with Crippen molar-refractivity contribution in [2.75, 3.05) is 6.61 Å². The van der Waals surface area contributed by atoms with Crippen molar-refractivity contribution in [1.29, 1.82) is 0 Å². The van der Waals surface area contributed by atoms with Crippen molar-refractivity contribution in [2.24, 2.45) is 5.73 Å². The molecule has 18 heavy (non-hydrogen) atoms. The van der Waals surface area contributed by atoms with E-state index in [1.54, 1.807) is 4.68 Å². The van der Waals surface area contributed by atoms with Gasteiger partial charge in [0.25, 0.3) is 0 Å². The lowest BCUT2D eigenvalue weighted by molar-refractivity contribution is 0.276. The number of rotatable bonds is 5. The Bertz CT molecular complexity index is 509.